The van der Waals surface area contributed by atoms with Crippen molar-refractivity contribution < 1.29 is 9.66 Å². The van der Waals surface area contributed by atoms with Gasteiger partial charge in [-0.25, -0.2) is 4.52 Å². The van der Waals surface area contributed by atoms with Crippen molar-refractivity contribution in [1.29, 1.82) is 0 Å². The minimum absolute atomic E-state index is 0.0963. The number of benzene rings is 2. The van der Waals surface area contributed by atoms with E-state index in [0.29, 0.717) is 11.5 Å². The summed E-state index contributed by atoms with van der Waals surface area (Å²) in [6.07, 6.45) is 0. The molecule has 0 saturated heterocycles. The van der Waals surface area contributed by atoms with Crippen LogP contribution in [-0.2, 0) is 0 Å². The number of aromatic nitrogens is 3. The maximum Gasteiger partial charge on any atom is 0.311 e. The lowest BCUT2D eigenvalue weighted by atomic mass is 10.2. The van der Waals surface area contributed by atoms with Crippen molar-refractivity contribution in [3.63, 3.8) is 0 Å². The number of nitrogens with zero attached hydrogens (tertiary/aromatic N) is 4. The largest absolute Gasteiger partial charge is 0.431 e. The number of ether oxygens (including phenoxy) is 1. The Morgan fingerprint density at radius 3 is 2.72 bits per heavy atom. The van der Waals surface area contributed by atoms with E-state index in [4.69, 9.17) is 4.74 Å². The molecule has 0 bridgehead atoms. The molecule has 0 aliphatic carbocycles. The summed E-state index contributed by atoms with van der Waals surface area (Å²) in [4.78, 5) is 15.3. The van der Waals surface area contributed by atoms with E-state index in [0.717, 1.165) is 22.2 Å². The molecule has 0 amide bonds. The number of nitro groups is 1. The number of rotatable bonds is 3. The van der Waals surface area contributed by atoms with Gasteiger partial charge in [0.25, 0.3) is 0 Å². The summed E-state index contributed by atoms with van der Waals surface area (Å²) >= 11 is 0. The van der Waals surface area contributed by atoms with Gasteiger partial charge in [-0.1, -0.05) is 18.2 Å². The predicted molar refractivity (Wildman–Crippen MR) is 93.1 cm³/mol. The van der Waals surface area contributed by atoms with Gasteiger partial charge in [0.05, 0.1) is 21.5 Å². The summed E-state index contributed by atoms with van der Waals surface area (Å²) < 4.78 is 7.63. The zero-order valence-corrected chi connectivity index (χ0v) is 13.6. The number of hydrogen-bond acceptors (Lipinski definition) is 5. The molecule has 0 fully saturated rings. The fraction of sp³-hybridized carbons (Fsp3) is 0.111. The van der Waals surface area contributed by atoms with E-state index < -0.39 is 4.92 Å². The number of nitro benzene ring substituents is 1. The molecule has 0 radical (unpaired) electrons. The number of para-hydroxylation sites is 1. The Morgan fingerprint density at radius 2 is 1.92 bits per heavy atom. The Labute approximate surface area is 142 Å². The normalized spacial score (nSPS) is 11.1. The molecule has 0 aliphatic rings. The molecular formula is C18H14N4O3. The molecule has 0 unspecified atom stereocenters. The third-order valence-corrected chi connectivity index (χ3v) is 3.91. The van der Waals surface area contributed by atoms with Crippen LogP contribution < -0.4 is 4.74 Å². The lowest BCUT2D eigenvalue weighted by Gasteiger charge is -2.10. The summed E-state index contributed by atoms with van der Waals surface area (Å²) in [5, 5.41) is 16.5. The van der Waals surface area contributed by atoms with E-state index in [-0.39, 0.29) is 11.4 Å². The monoisotopic (exact) mass is 334 g/mol. The standard InChI is InChI=1S/C18H14N4O3/c1-11-7-8-15(22(23)24)16(9-11)25-18-13-5-3-4-6-14(13)21-17(19-18)10-12(2)20-21/h3-10H,1-2H3. The highest BCUT2D eigenvalue weighted by molar-refractivity contribution is 5.86. The van der Waals surface area contributed by atoms with E-state index in [2.05, 4.69) is 10.1 Å². The second-order valence-electron chi connectivity index (χ2n) is 5.82. The minimum atomic E-state index is -0.460. The highest BCUT2D eigenvalue weighted by Gasteiger charge is 2.18. The fourth-order valence-electron chi connectivity index (χ4n) is 2.78. The first kappa shape index (κ1) is 15.1. The van der Waals surface area contributed by atoms with Gasteiger partial charge in [-0.3, -0.25) is 10.1 Å². The average Bonchev–Trinajstić information content (AvgIpc) is 2.95. The van der Waals surface area contributed by atoms with Gasteiger partial charge in [-0.2, -0.15) is 10.1 Å². The van der Waals surface area contributed by atoms with Crippen LogP contribution in [0.3, 0.4) is 0 Å². The first-order chi connectivity index (χ1) is 12.0. The van der Waals surface area contributed by atoms with E-state index in [1.54, 1.807) is 16.6 Å². The highest BCUT2D eigenvalue weighted by atomic mass is 16.6. The maximum absolute atomic E-state index is 11.3. The van der Waals surface area contributed by atoms with E-state index in [1.165, 1.54) is 6.07 Å². The van der Waals surface area contributed by atoms with Gasteiger partial charge in [0, 0.05) is 12.1 Å². The van der Waals surface area contributed by atoms with Crippen molar-refractivity contribution in [2.45, 2.75) is 13.8 Å². The molecule has 0 N–H and O–H groups in total. The molecule has 7 nitrogen and oxygen atoms in total. The summed E-state index contributed by atoms with van der Waals surface area (Å²) in [6.45, 7) is 3.74. The number of hydrogen-bond donors (Lipinski definition) is 0. The van der Waals surface area contributed by atoms with Crippen molar-refractivity contribution in [3.05, 3.63) is 69.9 Å². The lowest BCUT2D eigenvalue weighted by molar-refractivity contribution is -0.385. The van der Waals surface area contributed by atoms with Crippen LogP contribution >= 0.6 is 0 Å². The number of aryl methyl sites for hydroxylation is 2. The third-order valence-electron chi connectivity index (χ3n) is 3.91. The maximum atomic E-state index is 11.3. The van der Waals surface area contributed by atoms with Gasteiger partial charge in [0.2, 0.25) is 11.6 Å². The molecule has 4 aromatic rings. The fourth-order valence-corrected chi connectivity index (χ4v) is 2.78. The molecule has 0 atom stereocenters. The van der Waals surface area contributed by atoms with Crippen LogP contribution in [0.4, 0.5) is 5.69 Å². The molecule has 0 saturated carbocycles. The summed E-state index contributed by atoms with van der Waals surface area (Å²) in [6, 6.07) is 14.1. The van der Waals surface area contributed by atoms with Gasteiger partial charge in [-0.05, 0) is 37.6 Å². The summed E-state index contributed by atoms with van der Waals surface area (Å²) in [5.41, 5.74) is 3.05. The molecule has 2 aromatic heterocycles. The molecule has 0 spiro atoms. The van der Waals surface area contributed by atoms with Crippen LogP contribution in [0, 0.1) is 24.0 Å². The molecule has 4 rings (SSSR count). The van der Waals surface area contributed by atoms with Crippen molar-refractivity contribution in [3.8, 4) is 11.6 Å². The van der Waals surface area contributed by atoms with Crippen LogP contribution in [0.1, 0.15) is 11.3 Å². The van der Waals surface area contributed by atoms with E-state index in [1.807, 2.05) is 44.2 Å². The Morgan fingerprint density at radius 1 is 1.12 bits per heavy atom. The van der Waals surface area contributed by atoms with Crippen molar-refractivity contribution in [2.24, 2.45) is 0 Å². The van der Waals surface area contributed by atoms with Crippen LogP contribution in [0.5, 0.6) is 11.6 Å². The van der Waals surface area contributed by atoms with Gasteiger partial charge < -0.3 is 4.74 Å². The van der Waals surface area contributed by atoms with E-state index in [9.17, 15) is 10.1 Å². The van der Waals surface area contributed by atoms with Crippen LogP contribution in [0.25, 0.3) is 16.6 Å². The van der Waals surface area contributed by atoms with Crippen molar-refractivity contribution in [2.75, 3.05) is 0 Å². The molecule has 7 heteroatoms. The average molecular weight is 334 g/mol. The molecule has 2 aromatic carbocycles. The topological polar surface area (TPSA) is 82.6 Å². The van der Waals surface area contributed by atoms with Gasteiger partial charge in [0.15, 0.2) is 5.65 Å². The molecule has 2 heterocycles. The summed E-state index contributed by atoms with van der Waals surface area (Å²) in [5.74, 6) is 0.486. The predicted octanol–water partition coefficient (Wildman–Crippen LogP) is 4.20. The Bertz CT molecular complexity index is 1130. The number of fused-ring (bicyclic) bond motifs is 3. The van der Waals surface area contributed by atoms with Crippen LogP contribution in [0.15, 0.2) is 48.5 Å². The van der Waals surface area contributed by atoms with Gasteiger partial charge in [-0.15, -0.1) is 0 Å². The van der Waals surface area contributed by atoms with Crippen LogP contribution in [-0.4, -0.2) is 19.5 Å². The first-order valence-electron chi connectivity index (χ1n) is 7.71. The van der Waals surface area contributed by atoms with Crippen LogP contribution in [0.2, 0.25) is 0 Å². The van der Waals surface area contributed by atoms with E-state index >= 15 is 0 Å². The Kier molecular flexibility index (Phi) is 3.35. The van der Waals surface area contributed by atoms with Crippen molar-refractivity contribution >= 4 is 22.2 Å². The lowest BCUT2D eigenvalue weighted by Crippen LogP contribution is -1.99. The van der Waals surface area contributed by atoms with Crippen molar-refractivity contribution in [1.82, 2.24) is 14.6 Å². The quantitative estimate of drug-likeness (QED) is 0.414. The minimum Gasteiger partial charge on any atom is -0.431 e. The summed E-state index contributed by atoms with van der Waals surface area (Å²) in [7, 11) is 0. The van der Waals surface area contributed by atoms with Gasteiger partial charge in [0.1, 0.15) is 0 Å². The smallest absolute Gasteiger partial charge is 0.311 e. The molecule has 124 valence electrons. The Hall–Kier alpha value is -3.48. The van der Waals surface area contributed by atoms with Gasteiger partial charge >= 0.3 is 5.69 Å². The second-order valence-corrected chi connectivity index (χ2v) is 5.82. The Balaban J connectivity index is 1.95. The molecule has 0 aliphatic heterocycles. The zero-order chi connectivity index (χ0) is 17.6. The molecule has 25 heavy (non-hydrogen) atoms. The SMILES string of the molecule is Cc1ccc([N+](=O)[O-])c(Oc2nc3cc(C)nn3c3ccccc23)c1. The first-order valence-corrected chi connectivity index (χ1v) is 7.71. The zero-order valence-electron chi connectivity index (χ0n) is 13.6. The highest BCUT2D eigenvalue weighted by Crippen LogP contribution is 2.35. The third kappa shape index (κ3) is 2.55. The second kappa shape index (κ2) is 5.55. The molecular weight excluding hydrogens is 320 g/mol.